The summed E-state index contributed by atoms with van der Waals surface area (Å²) >= 11 is 10.6. The van der Waals surface area contributed by atoms with E-state index in [1.807, 2.05) is 12.1 Å². The van der Waals surface area contributed by atoms with E-state index in [9.17, 15) is 0 Å². The van der Waals surface area contributed by atoms with Crippen LogP contribution in [0.1, 0.15) is 11.1 Å². The molecule has 0 atom stereocenters. The third-order valence-corrected chi connectivity index (χ3v) is 2.21. The number of hydrogen-bond donors (Lipinski definition) is 2. The van der Waals surface area contributed by atoms with Crippen molar-refractivity contribution in [2.75, 3.05) is 7.11 Å². The van der Waals surface area contributed by atoms with Crippen molar-refractivity contribution in [2.45, 2.75) is 11.5 Å². The van der Waals surface area contributed by atoms with Crippen molar-refractivity contribution in [3.8, 4) is 5.75 Å². The maximum atomic E-state index is 5.11. The summed E-state index contributed by atoms with van der Waals surface area (Å²) < 4.78 is 5.11. The minimum atomic E-state index is 0.679. The zero-order valence-electron chi connectivity index (χ0n) is 7.57. The van der Waals surface area contributed by atoms with Gasteiger partial charge in [0.25, 0.3) is 0 Å². The summed E-state index contributed by atoms with van der Waals surface area (Å²) in [5, 5.41) is 0. The molecule has 0 radical (unpaired) electrons. The van der Waals surface area contributed by atoms with Gasteiger partial charge in [0.1, 0.15) is 0 Å². The Morgan fingerprint density at radius 2 is 1.71 bits per heavy atom. The number of hydrogen-bond acceptors (Lipinski definition) is 3. The van der Waals surface area contributed by atoms with Gasteiger partial charge < -0.3 is 4.74 Å². The Kier molecular flexibility index (Phi) is 9.37. The van der Waals surface area contributed by atoms with Crippen LogP contribution in [0.15, 0.2) is 12.1 Å². The topological polar surface area (TPSA) is 9.23 Å². The van der Waals surface area contributed by atoms with Gasteiger partial charge in [-0.05, 0) is 11.5 Å². The molecule has 14 heavy (non-hydrogen) atoms. The van der Waals surface area contributed by atoms with Crippen LogP contribution in [0, 0.1) is 6.07 Å². The first-order chi connectivity index (χ1) is 6.80. The molecule has 0 amide bonds. The van der Waals surface area contributed by atoms with Crippen molar-refractivity contribution in [3.63, 3.8) is 0 Å². The average molecular weight is 341 g/mol. The van der Waals surface area contributed by atoms with E-state index in [1.165, 1.54) is 0 Å². The molecule has 0 saturated carbocycles. The second-order valence-corrected chi connectivity index (χ2v) is 3.02. The van der Waals surface area contributed by atoms with Gasteiger partial charge in [0.15, 0.2) is 0 Å². The van der Waals surface area contributed by atoms with Gasteiger partial charge >= 0.3 is 27.7 Å². The molecule has 0 bridgehead atoms. The van der Waals surface area contributed by atoms with Crippen molar-refractivity contribution >= 4 is 34.8 Å². The van der Waals surface area contributed by atoms with Crippen molar-refractivity contribution in [3.05, 3.63) is 29.3 Å². The summed E-state index contributed by atoms with van der Waals surface area (Å²) in [5.74, 6) is 2.21. The Morgan fingerprint density at radius 3 is 2.00 bits per heavy atom. The van der Waals surface area contributed by atoms with Crippen molar-refractivity contribution in [2.24, 2.45) is 0 Å². The van der Waals surface area contributed by atoms with Gasteiger partial charge in [-0.1, -0.05) is 0 Å². The first-order valence-corrected chi connectivity index (χ1v) is 6.99. The minimum absolute atomic E-state index is 0.679. The molecule has 5 heteroatoms. The summed E-state index contributed by atoms with van der Waals surface area (Å²) in [6, 6.07) is 7.05. The summed E-state index contributed by atoms with van der Waals surface area (Å²) in [6.45, 7) is 0. The number of methoxy groups -OCH3 is 1. The summed E-state index contributed by atoms with van der Waals surface area (Å²) in [6.07, 6.45) is 0. The van der Waals surface area contributed by atoms with E-state index in [0.29, 0.717) is 11.5 Å². The molecule has 1 aromatic rings. The number of benzene rings is 1. The predicted molar refractivity (Wildman–Crippen MR) is 63.1 cm³/mol. The first-order valence-electron chi connectivity index (χ1n) is 3.73. The van der Waals surface area contributed by atoms with Crippen LogP contribution >= 0.6 is 34.8 Å². The first kappa shape index (κ1) is 14.7. The molecule has 0 aliphatic rings. The van der Waals surface area contributed by atoms with Crippen LogP contribution < -0.4 is 4.74 Å². The molecule has 0 aliphatic carbocycles. The van der Waals surface area contributed by atoms with Crippen LogP contribution in [-0.4, -0.2) is 7.11 Å². The van der Waals surface area contributed by atoms with Gasteiger partial charge in [0.05, 0.1) is 7.11 Å². The number of thiol groups is 2. The molecule has 0 N–H and O–H groups in total. The normalized spacial score (nSPS) is 9.00. The molecule has 0 aliphatic heterocycles. The van der Waals surface area contributed by atoms with Crippen molar-refractivity contribution < 1.29 is 22.9 Å². The third kappa shape index (κ3) is 4.95. The Morgan fingerprint density at radius 1 is 1.29 bits per heavy atom. The number of halogens is 1. The van der Waals surface area contributed by atoms with E-state index in [4.69, 9.17) is 4.74 Å². The Hall–Kier alpha value is 0.672. The van der Waals surface area contributed by atoms with Gasteiger partial charge in [-0.25, -0.2) is 0 Å². The van der Waals surface area contributed by atoms with E-state index in [1.54, 1.807) is 7.11 Å². The summed E-state index contributed by atoms with van der Waals surface area (Å²) in [5.41, 5.74) is 2.09. The van der Waals surface area contributed by atoms with E-state index < -0.39 is 0 Å². The second kappa shape index (κ2) is 8.94. The van der Waals surface area contributed by atoms with Crippen LogP contribution in [0.4, 0.5) is 0 Å². The van der Waals surface area contributed by atoms with Crippen LogP contribution in [0.5, 0.6) is 5.75 Å². The second-order valence-electron chi connectivity index (χ2n) is 2.39. The number of ether oxygens (including phenoxy) is 1. The molecular formula is C9H11ClOPdS2. The molecule has 0 heterocycles. The van der Waals surface area contributed by atoms with E-state index in [0.717, 1.165) is 16.9 Å². The molecule has 0 saturated heterocycles. The monoisotopic (exact) mass is 340 g/mol. The molecule has 82 valence electrons. The fraction of sp³-hybridized carbons (Fsp3) is 0.333. The SMILES string of the molecule is COc1cc(CS)[c-]c(CS)c1.[Cl][Pd+]. The summed E-state index contributed by atoms with van der Waals surface area (Å²) in [4.78, 5) is 0. The molecule has 0 unspecified atom stereocenters. The quantitative estimate of drug-likeness (QED) is 0.488. The molecule has 0 fully saturated rings. The van der Waals surface area contributed by atoms with Crippen molar-refractivity contribution in [1.29, 1.82) is 0 Å². The van der Waals surface area contributed by atoms with Gasteiger partial charge in [-0.2, -0.15) is 31.3 Å². The Balaban J connectivity index is 0.000000791. The molecule has 0 aromatic heterocycles. The van der Waals surface area contributed by atoms with E-state index in [2.05, 4.69) is 59.0 Å². The van der Waals surface area contributed by atoms with Crippen LogP contribution in [0.3, 0.4) is 0 Å². The Bertz CT molecular complexity index is 216. The zero-order valence-corrected chi connectivity index (χ0v) is 11.7. The predicted octanol–water partition coefficient (Wildman–Crippen LogP) is 3.04. The molecule has 1 rings (SSSR count). The van der Waals surface area contributed by atoms with Gasteiger partial charge in [-0.15, -0.1) is 23.3 Å². The zero-order chi connectivity index (χ0) is 11.0. The average Bonchev–Trinajstić information content (AvgIpc) is 2.30. The summed E-state index contributed by atoms with van der Waals surface area (Å²) in [7, 11) is 6.14. The molecule has 1 aromatic carbocycles. The third-order valence-electron chi connectivity index (χ3n) is 1.53. The Labute approximate surface area is 111 Å². The van der Waals surface area contributed by atoms with Crippen LogP contribution in [-0.2, 0) is 29.7 Å². The maximum absolute atomic E-state index is 5.11. The molecule has 1 nitrogen and oxygen atoms in total. The molecule has 0 spiro atoms. The van der Waals surface area contributed by atoms with Gasteiger partial charge in [0, 0.05) is 5.75 Å². The van der Waals surface area contributed by atoms with Crippen molar-refractivity contribution in [1.82, 2.24) is 0 Å². The van der Waals surface area contributed by atoms with E-state index in [-0.39, 0.29) is 0 Å². The van der Waals surface area contributed by atoms with Crippen LogP contribution in [0.2, 0.25) is 0 Å². The van der Waals surface area contributed by atoms with E-state index >= 15 is 0 Å². The fourth-order valence-electron chi connectivity index (χ4n) is 0.952. The number of rotatable bonds is 3. The standard InChI is InChI=1S/C9H11OS2.ClH.Pd/c1-10-9-3-7(5-11)2-8(4-9)6-12;;/h3-4,11-12H,5-6H2,1H3;1H;/q-1;;+2/p-1. The van der Waals surface area contributed by atoms with Gasteiger partial charge in [0.2, 0.25) is 0 Å². The van der Waals surface area contributed by atoms with Crippen LogP contribution in [0.25, 0.3) is 0 Å². The fourth-order valence-corrected chi connectivity index (χ4v) is 1.29. The molecular weight excluding hydrogens is 330 g/mol. The van der Waals surface area contributed by atoms with Gasteiger partial charge in [-0.3, -0.25) is 0 Å².